The van der Waals surface area contributed by atoms with E-state index < -0.39 is 23.9 Å². The van der Waals surface area contributed by atoms with Crippen LogP contribution in [0.25, 0.3) is 5.69 Å². The van der Waals surface area contributed by atoms with Crippen molar-refractivity contribution in [2.24, 2.45) is 23.2 Å². The molecule has 0 radical (unpaired) electrons. The Bertz CT molecular complexity index is 1540. The molecule has 0 amide bonds. The zero-order valence-corrected chi connectivity index (χ0v) is 26.4. The van der Waals surface area contributed by atoms with Crippen molar-refractivity contribution in [3.63, 3.8) is 0 Å². The molecule has 4 aliphatic rings. The molecule has 2 heterocycles. The van der Waals surface area contributed by atoms with Crippen LogP contribution >= 0.6 is 0 Å². The van der Waals surface area contributed by atoms with Crippen molar-refractivity contribution in [3.8, 4) is 5.69 Å². The van der Waals surface area contributed by atoms with Crippen LogP contribution in [-0.4, -0.2) is 47.1 Å². The van der Waals surface area contributed by atoms with E-state index in [1.54, 1.807) is 21.5 Å². The van der Waals surface area contributed by atoms with Gasteiger partial charge in [-0.3, -0.25) is 0 Å². The van der Waals surface area contributed by atoms with E-state index in [0.29, 0.717) is 29.9 Å². The molecule has 2 aromatic rings. The largest absolute Gasteiger partial charge is 0.393 e. The van der Waals surface area contributed by atoms with Gasteiger partial charge in [-0.1, -0.05) is 51.0 Å². The molecular formula is C35H49N3O5. The monoisotopic (exact) mass is 591 g/mol. The van der Waals surface area contributed by atoms with Crippen molar-refractivity contribution in [3.05, 3.63) is 74.1 Å². The van der Waals surface area contributed by atoms with Gasteiger partial charge in [-0.05, 0) is 111 Å². The second kappa shape index (κ2) is 11.0. The van der Waals surface area contributed by atoms with Crippen LogP contribution in [0.15, 0.2) is 62.7 Å². The Morgan fingerprint density at radius 3 is 2.44 bits per heavy atom. The fourth-order valence-electron chi connectivity index (χ4n) is 9.31. The van der Waals surface area contributed by atoms with Gasteiger partial charge in [0, 0.05) is 6.42 Å². The molecule has 8 heteroatoms. The highest BCUT2D eigenvalue weighted by Gasteiger charge is 2.55. The minimum atomic E-state index is -0.779. The Morgan fingerprint density at radius 1 is 1.05 bits per heavy atom. The van der Waals surface area contributed by atoms with Crippen molar-refractivity contribution in [2.45, 2.75) is 122 Å². The number of aromatic nitrogens is 3. The standard InChI is InChI=1S/C35H49N3O5/c1-21(10-9-16-34(3,4)43)27-13-14-28-26-20-30(25-18-24(39)19-31(40)22(25)2)38-33(42)36(23-11-7-6-8-12-23)32(41)37(38)29(26)15-17-35(27,28)5/h6-8,11-12,20-21,24,27-31,39-40,43H,9-10,13-19H2,1-5H3/t21-,24+,27+,28-,29?,30?,31-,35+/m0/s1. The van der Waals surface area contributed by atoms with Crippen molar-refractivity contribution in [2.75, 3.05) is 0 Å². The predicted molar refractivity (Wildman–Crippen MR) is 167 cm³/mol. The Hall–Kier alpha value is -2.68. The molecule has 1 aromatic heterocycles. The van der Waals surface area contributed by atoms with Gasteiger partial charge < -0.3 is 15.3 Å². The number of benzene rings is 1. The molecule has 234 valence electrons. The zero-order valence-electron chi connectivity index (χ0n) is 26.4. The molecule has 0 saturated heterocycles. The SMILES string of the molecule is CC1=C(C2C=C3C(CC[C@]4(C)[C@@H]([C@@H](C)CCCC(C)(C)O)CC[C@@H]34)n3c(=O)n(-c4ccccc4)c(=O)n32)C[C@@H](O)C[C@@H]1O. The number of hydrogen-bond acceptors (Lipinski definition) is 5. The van der Waals surface area contributed by atoms with Gasteiger partial charge in [-0.25, -0.2) is 23.5 Å². The summed E-state index contributed by atoms with van der Waals surface area (Å²) in [5.74, 6) is 1.38. The maximum atomic E-state index is 14.2. The average Bonchev–Trinajstić information content (AvgIpc) is 3.43. The van der Waals surface area contributed by atoms with Gasteiger partial charge in [0.05, 0.1) is 35.6 Å². The summed E-state index contributed by atoms with van der Waals surface area (Å²) >= 11 is 0. The Kier molecular flexibility index (Phi) is 7.79. The van der Waals surface area contributed by atoms with Gasteiger partial charge in [0.1, 0.15) is 0 Å². The first-order valence-corrected chi connectivity index (χ1v) is 16.3. The second-order valence-corrected chi connectivity index (χ2v) is 14.8. The fourth-order valence-corrected chi connectivity index (χ4v) is 9.31. The molecule has 8 atom stereocenters. The quantitative estimate of drug-likeness (QED) is 0.390. The van der Waals surface area contributed by atoms with E-state index in [9.17, 15) is 24.9 Å². The van der Waals surface area contributed by atoms with Gasteiger partial charge >= 0.3 is 11.4 Å². The first-order chi connectivity index (χ1) is 20.3. The molecule has 3 N–H and O–H groups in total. The van der Waals surface area contributed by atoms with Crippen LogP contribution in [0, 0.1) is 23.2 Å². The summed E-state index contributed by atoms with van der Waals surface area (Å²) in [4.78, 5) is 28.4. The van der Waals surface area contributed by atoms with Gasteiger partial charge in [-0.15, -0.1) is 0 Å². The fraction of sp³-hybridized carbons (Fsp3) is 0.657. The molecule has 1 aromatic carbocycles. The lowest BCUT2D eigenvalue weighted by Gasteiger charge is -2.49. The Morgan fingerprint density at radius 2 is 1.74 bits per heavy atom. The minimum Gasteiger partial charge on any atom is -0.393 e. The van der Waals surface area contributed by atoms with Gasteiger partial charge in [0.25, 0.3) is 0 Å². The highest BCUT2D eigenvalue weighted by molar-refractivity contribution is 5.37. The van der Waals surface area contributed by atoms with E-state index in [0.717, 1.165) is 56.1 Å². The summed E-state index contributed by atoms with van der Waals surface area (Å²) in [6.07, 6.45) is 8.24. The molecule has 2 fully saturated rings. The highest BCUT2D eigenvalue weighted by atomic mass is 16.3. The number of nitrogens with zero attached hydrogens (tertiary/aromatic N) is 3. The Balaban J connectivity index is 1.44. The first-order valence-electron chi connectivity index (χ1n) is 16.3. The van der Waals surface area contributed by atoms with Crippen LogP contribution in [0.4, 0.5) is 0 Å². The molecule has 3 aliphatic carbocycles. The van der Waals surface area contributed by atoms with Crippen LogP contribution in [0.5, 0.6) is 0 Å². The molecule has 0 spiro atoms. The maximum Gasteiger partial charge on any atom is 0.352 e. The van der Waals surface area contributed by atoms with Crippen molar-refractivity contribution >= 4 is 0 Å². The molecule has 6 rings (SSSR count). The lowest BCUT2D eigenvalue weighted by atomic mass is 9.59. The van der Waals surface area contributed by atoms with E-state index in [1.807, 2.05) is 39.0 Å². The van der Waals surface area contributed by atoms with Gasteiger partial charge in [-0.2, -0.15) is 0 Å². The lowest BCUT2D eigenvalue weighted by molar-refractivity contribution is 0.0538. The molecule has 8 nitrogen and oxygen atoms in total. The molecule has 2 unspecified atom stereocenters. The van der Waals surface area contributed by atoms with Crippen LogP contribution in [0.1, 0.15) is 104 Å². The molecule has 1 aliphatic heterocycles. The van der Waals surface area contributed by atoms with Crippen LogP contribution in [0.3, 0.4) is 0 Å². The number of allylic oxidation sites excluding steroid dienone is 2. The van der Waals surface area contributed by atoms with Gasteiger partial charge in [0.2, 0.25) is 0 Å². The zero-order chi connectivity index (χ0) is 30.8. The number of para-hydroxylation sites is 1. The van der Waals surface area contributed by atoms with E-state index in [-0.39, 0.29) is 29.3 Å². The lowest BCUT2D eigenvalue weighted by Crippen LogP contribution is -2.46. The van der Waals surface area contributed by atoms with Crippen molar-refractivity contribution < 1.29 is 15.3 Å². The summed E-state index contributed by atoms with van der Waals surface area (Å²) in [7, 11) is 0. The first kappa shape index (κ1) is 30.4. The Labute approximate surface area is 254 Å². The normalized spacial score (nSPS) is 33.1. The number of rotatable bonds is 7. The number of fused-ring (bicyclic) bond motifs is 5. The van der Waals surface area contributed by atoms with Crippen LogP contribution in [-0.2, 0) is 0 Å². The van der Waals surface area contributed by atoms with E-state index in [1.165, 1.54) is 10.1 Å². The van der Waals surface area contributed by atoms with E-state index in [4.69, 9.17) is 0 Å². The summed E-state index contributed by atoms with van der Waals surface area (Å²) in [6, 6.07) is 8.38. The summed E-state index contributed by atoms with van der Waals surface area (Å²) in [5, 5.41) is 31.8. The molecule has 2 saturated carbocycles. The smallest absolute Gasteiger partial charge is 0.352 e. The third kappa shape index (κ3) is 5.13. The van der Waals surface area contributed by atoms with Crippen LogP contribution < -0.4 is 11.4 Å². The topological polar surface area (TPSA) is 110 Å². The van der Waals surface area contributed by atoms with Crippen molar-refractivity contribution in [1.82, 2.24) is 13.9 Å². The third-order valence-corrected chi connectivity index (χ3v) is 11.5. The summed E-state index contributed by atoms with van der Waals surface area (Å²) in [5.41, 5.74) is 2.13. The molecular weight excluding hydrogens is 542 g/mol. The van der Waals surface area contributed by atoms with Gasteiger partial charge in [0.15, 0.2) is 0 Å². The average molecular weight is 592 g/mol. The van der Waals surface area contributed by atoms with E-state index >= 15 is 0 Å². The maximum absolute atomic E-state index is 14.2. The predicted octanol–water partition coefficient (Wildman–Crippen LogP) is 5.06. The number of hydrogen-bond donors (Lipinski definition) is 3. The third-order valence-electron chi connectivity index (χ3n) is 11.5. The number of aliphatic hydroxyl groups excluding tert-OH is 2. The minimum absolute atomic E-state index is 0.0874. The van der Waals surface area contributed by atoms with Crippen molar-refractivity contribution in [1.29, 1.82) is 0 Å². The number of aliphatic hydroxyl groups is 3. The van der Waals surface area contributed by atoms with E-state index in [2.05, 4.69) is 19.9 Å². The second-order valence-electron chi connectivity index (χ2n) is 14.8. The molecule has 43 heavy (non-hydrogen) atoms. The summed E-state index contributed by atoms with van der Waals surface area (Å²) in [6.45, 7) is 10.5. The summed E-state index contributed by atoms with van der Waals surface area (Å²) < 4.78 is 4.61. The molecule has 0 bridgehead atoms. The highest BCUT2D eigenvalue weighted by Crippen LogP contribution is 2.62. The van der Waals surface area contributed by atoms with Crippen LogP contribution in [0.2, 0.25) is 0 Å².